The maximum absolute atomic E-state index is 13.4. The molecule has 4 nitrogen and oxygen atoms in total. The topological polar surface area (TPSA) is 69.4 Å². The molecule has 0 aliphatic rings. The van der Waals surface area contributed by atoms with Gasteiger partial charge in [-0.2, -0.15) is 13.2 Å². The van der Waals surface area contributed by atoms with E-state index in [1.807, 2.05) is 18.2 Å². The Morgan fingerprint density at radius 2 is 1.69 bits per heavy atom. The molecule has 1 heterocycles. The Balaban J connectivity index is 0.00000216. The zero-order valence-corrected chi connectivity index (χ0v) is 20.6. The molecule has 3 aromatic carbocycles. The molecule has 0 fully saturated rings. The summed E-state index contributed by atoms with van der Waals surface area (Å²) >= 11 is 6.22. The smallest absolute Gasteiger partial charge is 0.416 e. The molecule has 0 saturated heterocycles. The number of fused-ring (bicyclic) bond motifs is 1. The molecule has 10 heteroatoms. The van der Waals surface area contributed by atoms with Gasteiger partial charge in [0.1, 0.15) is 24.0 Å². The van der Waals surface area contributed by atoms with Gasteiger partial charge in [0.05, 0.1) is 21.6 Å². The maximum Gasteiger partial charge on any atom is 0.416 e. The predicted octanol–water partition coefficient (Wildman–Crippen LogP) is 7.51. The first-order valence-electron chi connectivity index (χ1n) is 10.2. The fourth-order valence-electron chi connectivity index (χ4n) is 3.47. The van der Waals surface area contributed by atoms with E-state index >= 15 is 0 Å². The highest BCUT2D eigenvalue weighted by molar-refractivity contribution is 6.32. The predicted molar refractivity (Wildman–Crippen MR) is 132 cm³/mol. The highest BCUT2D eigenvalue weighted by atomic mass is 35.5. The second-order valence-corrected chi connectivity index (χ2v) is 9.21. The lowest BCUT2D eigenvalue weighted by atomic mass is 9.87. The number of halogens is 6. The number of nitrogens with one attached hydrogen (secondary N) is 1. The molecule has 35 heavy (non-hydrogen) atoms. The molecular formula is C25H24Cl2F4N2O2. The average Bonchev–Trinajstić information content (AvgIpc) is 3.16. The lowest BCUT2D eigenvalue weighted by molar-refractivity contribution is -0.138. The fraction of sp³-hybridized carbons (Fsp3) is 0.240. The summed E-state index contributed by atoms with van der Waals surface area (Å²) in [6.07, 6.45) is -4.70. The van der Waals surface area contributed by atoms with Crippen LogP contribution in [0.3, 0.4) is 0 Å². The molecule has 0 atom stereocenters. The molecule has 0 bridgehead atoms. The normalized spacial score (nSPS) is 11.7. The van der Waals surface area contributed by atoms with Gasteiger partial charge >= 0.3 is 6.18 Å². The number of hydrogen-bond donors (Lipinski definition) is 1. The maximum atomic E-state index is 13.4. The summed E-state index contributed by atoms with van der Waals surface area (Å²) in [4.78, 5) is 7.89. The molecule has 0 amide bonds. The van der Waals surface area contributed by atoms with Crippen LogP contribution in [-0.2, 0) is 18.2 Å². The molecule has 0 spiro atoms. The van der Waals surface area contributed by atoms with Crippen molar-refractivity contribution < 1.29 is 27.8 Å². The molecule has 3 N–H and O–H groups in total. The van der Waals surface area contributed by atoms with E-state index < -0.39 is 24.2 Å². The minimum Gasteiger partial charge on any atom is -0.487 e. The average molecular weight is 531 g/mol. The van der Waals surface area contributed by atoms with Gasteiger partial charge in [-0.1, -0.05) is 44.5 Å². The first kappa shape index (κ1) is 28.4. The van der Waals surface area contributed by atoms with Crippen LogP contribution in [-0.4, -0.2) is 15.4 Å². The summed E-state index contributed by atoms with van der Waals surface area (Å²) in [7, 11) is 0. The summed E-state index contributed by atoms with van der Waals surface area (Å²) in [5, 5.41) is 0.237. The van der Waals surface area contributed by atoms with E-state index in [1.165, 1.54) is 0 Å². The van der Waals surface area contributed by atoms with Crippen molar-refractivity contribution in [2.24, 2.45) is 0 Å². The first-order chi connectivity index (χ1) is 15.4. The van der Waals surface area contributed by atoms with Gasteiger partial charge in [-0.15, -0.1) is 12.4 Å². The molecule has 0 aliphatic heterocycles. The van der Waals surface area contributed by atoms with Crippen molar-refractivity contribution in [3.8, 4) is 17.1 Å². The molecule has 188 valence electrons. The molecule has 4 aromatic rings. The third-order valence-electron chi connectivity index (χ3n) is 5.31. The van der Waals surface area contributed by atoms with Crippen LogP contribution < -0.4 is 4.74 Å². The van der Waals surface area contributed by atoms with Gasteiger partial charge in [-0.05, 0) is 53.4 Å². The van der Waals surface area contributed by atoms with E-state index in [0.29, 0.717) is 17.5 Å². The standard InChI is InChI=1S/C25H21ClF4N2O.ClH.H2O/c1-24(2,3)16-6-9-20-21(11-16)32-23(31-20)14-5-8-19(26)22(10-14)33-13-15-4-7-17(27)12-18(15)25(28,29)30;;/h4-12H,13H2,1-3H3,(H,31,32);1H;1H2. The second kappa shape index (κ2) is 10.4. The van der Waals surface area contributed by atoms with Crippen molar-refractivity contribution >= 4 is 35.0 Å². The summed E-state index contributed by atoms with van der Waals surface area (Å²) in [5.41, 5.74) is 2.19. The van der Waals surface area contributed by atoms with E-state index in [2.05, 4.69) is 30.7 Å². The van der Waals surface area contributed by atoms with Crippen LogP contribution in [0.5, 0.6) is 5.75 Å². The van der Waals surface area contributed by atoms with Gasteiger partial charge in [0.2, 0.25) is 0 Å². The highest BCUT2D eigenvalue weighted by Crippen LogP contribution is 2.35. The number of aromatic nitrogens is 2. The first-order valence-corrected chi connectivity index (χ1v) is 10.6. The van der Waals surface area contributed by atoms with Crippen LogP contribution >= 0.6 is 24.0 Å². The second-order valence-electron chi connectivity index (χ2n) is 8.80. The summed E-state index contributed by atoms with van der Waals surface area (Å²) < 4.78 is 58.7. The van der Waals surface area contributed by atoms with Gasteiger partial charge in [0.25, 0.3) is 0 Å². The monoisotopic (exact) mass is 530 g/mol. The minimum atomic E-state index is -4.70. The lowest BCUT2D eigenvalue weighted by Gasteiger charge is -2.18. The number of alkyl halides is 3. The van der Waals surface area contributed by atoms with Crippen molar-refractivity contribution in [3.63, 3.8) is 0 Å². The molecular weight excluding hydrogens is 507 g/mol. The molecule has 0 radical (unpaired) electrons. The quantitative estimate of drug-likeness (QED) is 0.277. The number of aromatic amines is 1. The van der Waals surface area contributed by atoms with Crippen molar-refractivity contribution in [2.45, 2.75) is 39.0 Å². The third-order valence-corrected chi connectivity index (χ3v) is 5.63. The van der Waals surface area contributed by atoms with Crippen LogP contribution in [0, 0.1) is 5.82 Å². The number of imidazole rings is 1. The summed E-state index contributed by atoms with van der Waals surface area (Å²) in [6, 6.07) is 13.5. The Morgan fingerprint density at radius 1 is 0.971 bits per heavy atom. The van der Waals surface area contributed by atoms with Gasteiger partial charge in [0, 0.05) is 11.1 Å². The van der Waals surface area contributed by atoms with Crippen LogP contribution in [0.4, 0.5) is 17.6 Å². The highest BCUT2D eigenvalue weighted by Gasteiger charge is 2.34. The number of H-pyrrole nitrogens is 1. The largest absolute Gasteiger partial charge is 0.487 e. The molecule has 0 aliphatic carbocycles. The lowest BCUT2D eigenvalue weighted by Crippen LogP contribution is -2.11. The summed E-state index contributed by atoms with van der Waals surface area (Å²) in [6.45, 7) is 5.95. The molecule has 0 unspecified atom stereocenters. The molecule has 1 aromatic heterocycles. The molecule has 4 rings (SSSR count). The number of benzene rings is 3. The van der Waals surface area contributed by atoms with E-state index in [0.717, 1.165) is 28.7 Å². The number of nitrogens with zero attached hydrogens (tertiary/aromatic N) is 1. The van der Waals surface area contributed by atoms with Gasteiger partial charge < -0.3 is 15.2 Å². The van der Waals surface area contributed by atoms with E-state index in [-0.39, 0.29) is 39.6 Å². The van der Waals surface area contributed by atoms with Crippen LogP contribution in [0.25, 0.3) is 22.4 Å². The van der Waals surface area contributed by atoms with E-state index in [4.69, 9.17) is 16.3 Å². The van der Waals surface area contributed by atoms with E-state index in [9.17, 15) is 17.6 Å². The van der Waals surface area contributed by atoms with Crippen molar-refractivity contribution in [2.75, 3.05) is 0 Å². The Morgan fingerprint density at radius 3 is 2.34 bits per heavy atom. The molecule has 0 saturated carbocycles. The van der Waals surface area contributed by atoms with E-state index in [1.54, 1.807) is 18.2 Å². The number of hydrogen-bond acceptors (Lipinski definition) is 2. The van der Waals surface area contributed by atoms with Crippen molar-refractivity contribution in [3.05, 3.63) is 82.1 Å². The Bertz CT molecular complexity index is 1330. The number of ether oxygens (including phenoxy) is 1. The minimum absolute atomic E-state index is 0. The third kappa shape index (κ3) is 6.25. The Kier molecular flexibility index (Phi) is 8.48. The number of rotatable bonds is 4. The van der Waals surface area contributed by atoms with Crippen LogP contribution in [0.1, 0.15) is 37.5 Å². The Hall–Kier alpha value is -2.81. The fourth-order valence-corrected chi connectivity index (χ4v) is 3.64. The van der Waals surface area contributed by atoms with Crippen LogP contribution in [0.15, 0.2) is 54.6 Å². The van der Waals surface area contributed by atoms with Gasteiger partial charge in [-0.3, -0.25) is 0 Å². The van der Waals surface area contributed by atoms with Gasteiger partial charge in [-0.25, -0.2) is 9.37 Å². The van der Waals surface area contributed by atoms with Gasteiger partial charge in [0.15, 0.2) is 0 Å². The van der Waals surface area contributed by atoms with Crippen LogP contribution in [0.2, 0.25) is 5.02 Å². The van der Waals surface area contributed by atoms with Crippen molar-refractivity contribution in [1.82, 2.24) is 9.97 Å². The SMILES string of the molecule is CC(C)(C)c1ccc2nc(-c3ccc(Cl)c(OCc4ccc(F)cc4C(F)(F)F)c3)[nH]c2c1.Cl.O. The zero-order chi connectivity index (χ0) is 24.0. The Labute approximate surface area is 211 Å². The van der Waals surface area contributed by atoms with Crippen molar-refractivity contribution in [1.29, 1.82) is 0 Å². The summed E-state index contributed by atoms with van der Waals surface area (Å²) in [5.74, 6) is -0.191. The zero-order valence-electron chi connectivity index (χ0n) is 19.1.